The van der Waals surface area contributed by atoms with Gasteiger partial charge < -0.3 is 88.9 Å². The van der Waals surface area contributed by atoms with E-state index in [1.54, 1.807) is 71.9 Å². The molecule has 18 N–H and O–H groups in total. The smallest absolute Gasteiger partial charge is 0.304 e. The highest BCUT2D eigenvalue weighted by atomic mass is 32.2. The molecule has 734 valence electrons. The minimum absolute atomic E-state index is 0.0141. The fourth-order valence-electron chi connectivity index (χ4n) is 15.2. The van der Waals surface area contributed by atoms with Crippen molar-refractivity contribution in [3.8, 4) is 11.5 Å². The van der Waals surface area contributed by atoms with Crippen molar-refractivity contribution >= 4 is 129 Å². The van der Waals surface area contributed by atoms with Crippen molar-refractivity contribution in [1.82, 2.24) is 42.1 Å². The molecule has 0 saturated carbocycles. The highest BCUT2D eigenvalue weighted by Crippen LogP contribution is 2.28. The molecule has 4 rings (SSSR count). The summed E-state index contributed by atoms with van der Waals surface area (Å²) in [6.45, 7) is 9.90. The molecule has 0 aliphatic carbocycles. The molecule has 0 spiro atoms. The number of nitrogens with two attached hydrogens (primary N) is 1. The second-order valence-electron chi connectivity index (χ2n) is 35.1. The third kappa shape index (κ3) is 41.3. The molecule has 133 heavy (non-hydrogen) atoms. The number of ketones is 8. The Balaban J connectivity index is 1.52. The van der Waals surface area contributed by atoms with Crippen molar-refractivity contribution in [3.63, 3.8) is 0 Å². The summed E-state index contributed by atoms with van der Waals surface area (Å²) < 4.78 is 0. The molecule has 0 bridgehead atoms. The lowest BCUT2D eigenvalue weighted by Crippen LogP contribution is -2.52. The maximum atomic E-state index is 14.9. The lowest BCUT2D eigenvalue weighted by atomic mass is 9.85. The molecule has 17 atom stereocenters. The number of thioether (sulfide) groups is 1. The Morgan fingerprint density at radius 1 is 0.459 bits per heavy atom. The number of aromatic hydroxyl groups is 2. The number of rotatable bonds is 67. The second-order valence-corrected chi connectivity index (χ2v) is 36.0. The summed E-state index contributed by atoms with van der Waals surface area (Å²) in [5.41, 5.74) is 6.76. The molecule has 0 radical (unpaired) electrons. The van der Waals surface area contributed by atoms with E-state index in [-0.39, 0.29) is 116 Å². The van der Waals surface area contributed by atoms with E-state index in [9.17, 15) is 142 Å². The zero-order valence-corrected chi connectivity index (χ0v) is 77.6. The standard InChI is InChI=1S/C94H133N9O29S/c1-9-53(4)86(81(117)41-62(35-59-21-26-66(108)27-22-59)89(127)98-73(34-52(2)3)77(113)39-63(43-84(121)122)88(126)97-55(6)16-13-14-32-95)102-91(129)65(48-104)42-78(114)74(37-60-23-28-67(109)29-24-60)99-90(128)64(44-85(123)124)40-79(115)76(49-105)101-93(131)72(57(8)107)46-80(116)75(36-58-17-11-10-12-18-58)100-92(130)71(56(7)106)45-69(111)47-96-87(125)61(25-31-83(119)120)38-70(112)51-133-50-68(110)19-15-33-103-82(118)30-20-54(5)94(103)132/h10-12,17-18,21-24,26-29,52-57,61-65,71-76,86,104-109H,9,13-16,19-20,25,30-51,95H2,1-8H3,(H,96,125)(H,97,126)(H,98,127)(H,99,128)(H,100,130)(H,101,131)(H,102,129)(H,119,120)(H,121,122)(H,123,124)/t53-,54+,55+,56+,57+,61+,62+,63-,64-,65-,71-,72-,73-,74-,75-,76-,86-/m0/s1. The number of likely N-dealkylation sites (tertiary alicyclic amines) is 1. The number of benzene rings is 3. The molecule has 1 heterocycles. The fourth-order valence-corrected chi connectivity index (χ4v) is 16.0. The molecule has 0 aromatic heterocycles. The average molecular weight is 1890 g/mol. The highest BCUT2D eigenvalue weighted by molar-refractivity contribution is 8.00. The number of hydrogen-bond donors (Lipinski definition) is 17. The fraction of sp³-hybridized carbons (Fsp3) is 0.596. The van der Waals surface area contributed by atoms with Gasteiger partial charge in [0.05, 0.1) is 110 Å². The van der Waals surface area contributed by atoms with Crippen LogP contribution in [0.1, 0.15) is 200 Å². The van der Waals surface area contributed by atoms with Crippen LogP contribution in [0.3, 0.4) is 0 Å². The number of aliphatic carboxylic acids is 3. The van der Waals surface area contributed by atoms with Gasteiger partial charge in [-0.15, -0.1) is 11.8 Å². The minimum Gasteiger partial charge on any atom is -0.508 e. The first kappa shape index (κ1) is 114. The van der Waals surface area contributed by atoms with E-state index in [0.29, 0.717) is 43.4 Å². The lowest BCUT2D eigenvalue weighted by molar-refractivity contribution is -0.152. The molecular formula is C94H133N9O29S. The van der Waals surface area contributed by atoms with Crippen LogP contribution in [0.15, 0.2) is 78.9 Å². The number of imide groups is 1. The van der Waals surface area contributed by atoms with Crippen LogP contribution in [-0.2, 0) is 115 Å². The Morgan fingerprint density at radius 2 is 0.932 bits per heavy atom. The minimum atomic E-state index is -2.00. The molecule has 0 unspecified atom stereocenters. The van der Waals surface area contributed by atoms with E-state index in [1.165, 1.54) is 48.5 Å². The number of carboxylic acid groups (broad SMARTS) is 3. The van der Waals surface area contributed by atoms with E-state index in [1.807, 2.05) is 0 Å². The Bertz CT molecular complexity index is 4470. The van der Waals surface area contributed by atoms with Gasteiger partial charge in [0.1, 0.15) is 29.1 Å². The van der Waals surface area contributed by atoms with Crippen LogP contribution in [0.2, 0.25) is 0 Å². The predicted molar refractivity (Wildman–Crippen MR) is 483 cm³/mol. The van der Waals surface area contributed by atoms with Crippen molar-refractivity contribution in [1.29, 1.82) is 0 Å². The molecule has 1 aliphatic rings. The molecule has 1 saturated heterocycles. The summed E-state index contributed by atoms with van der Waals surface area (Å²) in [6.07, 6.45) is -9.37. The van der Waals surface area contributed by atoms with Crippen molar-refractivity contribution in [3.05, 3.63) is 95.6 Å². The number of nitrogens with one attached hydrogen (secondary N) is 7. The van der Waals surface area contributed by atoms with Gasteiger partial charge in [-0.05, 0) is 138 Å². The number of aliphatic hydroxyl groups excluding tert-OH is 4. The summed E-state index contributed by atoms with van der Waals surface area (Å²) in [7, 11) is 0. The summed E-state index contributed by atoms with van der Waals surface area (Å²) in [6, 6.07) is 10.4. The van der Waals surface area contributed by atoms with Gasteiger partial charge in [-0.2, -0.15) is 0 Å². The van der Waals surface area contributed by atoms with Crippen molar-refractivity contribution in [2.45, 2.75) is 252 Å². The molecule has 38 nitrogen and oxygen atoms in total. The number of amides is 9. The van der Waals surface area contributed by atoms with Gasteiger partial charge in [-0.1, -0.05) is 102 Å². The Morgan fingerprint density at radius 3 is 1.46 bits per heavy atom. The van der Waals surface area contributed by atoms with Crippen molar-refractivity contribution < 1.29 is 142 Å². The summed E-state index contributed by atoms with van der Waals surface area (Å²) >= 11 is 0.943. The van der Waals surface area contributed by atoms with Crippen molar-refractivity contribution in [2.75, 3.05) is 44.4 Å². The van der Waals surface area contributed by atoms with E-state index in [4.69, 9.17) is 5.73 Å². The Hall–Kier alpha value is -11.4. The topological polar surface area (TPSA) is 637 Å². The summed E-state index contributed by atoms with van der Waals surface area (Å²) in [5, 5.41) is 111. The average Bonchev–Trinajstić information content (AvgIpc) is 0.845. The largest absolute Gasteiger partial charge is 0.508 e. The molecule has 3 aromatic rings. The Labute approximate surface area is 777 Å². The first-order valence-electron chi connectivity index (χ1n) is 45.0. The van der Waals surface area contributed by atoms with Crippen molar-refractivity contribution in [2.24, 2.45) is 64.9 Å². The second kappa shape index (κ2) is 58.6. The zero-order valence-electron chi connectivity index (χ0n) is 76.7. The number of carbonyl (C=O) groups is 20. The van der Waals surface area contributed by atoms with Crippen LogP contribution in [0.5, 0.6) is 11.5 Å². The number of phenolic OH excluding ortho intramolecular Hbond substituents is 2. The van der Waals surface area contributed by atoms with E-state index >= 15 is 0 Å². The monoisotopic (exact) mass is 1880 g/mol. The molecular weight excluding hydrogens is 1750 g/mol. The molecule has 39 heteroatoms. The SMILES string of the molecule is CC[C@H](C)[C@H](NC(=O)[C@H](CO)CC(=O)[C@H](Cc1ccc(O)cc1)NC(=O)[C@H](CC(=O)O)CC(=O)[C@H](CO)NC(=O)[C@@H](CC(=O)[C@H](Cc1ccccc1)NC(=O)[C@@H](CC(=O)CNC(=O)[C@H](CCC(=O)O)CC(=O)CSCC(=O)CCCN1C(=O)CC[C@@H](C)C1=O)[C@@H](C)O)[C@@H](C)O)C(=O)C[C@@H](Cc1ccc(O)cc1)C(=O)N[C@@H](CC(C)C)C(=O)C[C@@H](CC(=O)O)C(=O)N[C@H](C)CCCCN. The van der Waals surface area contributed by atoms with Crippen LogP contribution in [0.4, 0.5) is 0 Å². The lowest BCUT2D eigenvalue weighted by Gasteiger charge is -2.28. The van der Waals surface area contributed by atoms with E-state index in [0.717, 1.165) is 30.5 Å². The third-order valence-corrected chi connectivity index (χ3v) is 24.4. The van der Waals surface area contributed by atoms with E-state index < -0.39 is 286 Å². The van der Waals surface area contributed by atoms with Gasteiger partial charge in [0.2, 0.25) is 53.2 Å². The number of carboxylic acids is 3. The first-order valence-corrected chi connectivity index (χ1v) is 46.2. The van der Waals surface area contributed by atoms with Gasteiger partial charge in [0.25, 0.3) is 0 Å². The first-order chi connectivity index (χ1) is 62.8. The van der Waals surface area contributed by atoms with Gasteiger partial charge in [0.15, 0.2) is 34.7 Å². The van der Waals surface area contributed by atoms with Crippen LogP contribution in [0.25, 0.3) is 0 Å². The quantitative estimate of drug-likeness (QED) is 0.0285. The van der Waals surface area contributed by atoms with Gasteiger partial charge in [-0.3, -0.25) is 101 Å². The summed E-state index contributed by atoms with van der Waals surface area (Å²) in [4.78, 5) is 273. The summed E-state index contributed by atoms with van der Waals surface area (Å²) in [5.74, 6) is -31.2. The Kier molecular flexibility index (Phi) is 50.2. The number of piperidine rings is 1. The van der Waals surface area contributed by atoms with Gasteiger partial charge in [0, 0.05) is 94.5 Å². The van der Waals surface area contributed by atoms with Crippen LogP contribution >= 0.6 is 11.8 Å². The molecule has 9 amide bonds. The van der Waals surface area contributed by atoms with Crippen LogP contribution in [-0.4, -0.2) is 261 Å². The highest BCUT2D eigenvalue weighted by Gasteiger charge is 2.41. The normalized spacial score (nSPS) is 16.3. The number of carbonyl (C=O) groups excluding carboxylic acids is 17. The van der Waals surface area contributed by atoms with E-state index in [2.05, 4.69) is 37.2 Å². The molecule has 1 fully saturated rings. The zero-order chi connectivity index (χ0) is 99.5. The molecule has 3 aromatic carbocycles. The number of unbranched alkanes of at least 4 members (excludes halogenated alkanes) is 1. The van der Waals surface area contributed by atoms with Crippen LogP contribution < -0.4 is 43.0 Å². The third-order valence-electron chi connectivity index (χ3n) is 23.3. The maximum Gasteiger partial charge on any atom is 0.304 e. The number of aliphatic hydroxyl groups is 4. The number of nitrogens with zero attached hydrogens (tertiary/aromatic N) is 1. The van der Waals surface area contributed by atoms with Gasteiger partial charge in [-0.25, -0.2) is 0 Å². The van der Waals surface area contributed by atoms with Crippen LogP contribution in [0, 0.1) is 59.2 Å². The molecule has 1 aliphatic heterocycles. The number of hydrogen-bond acceptors (Lipinski definition) is 28. The van der Waals surface area contributed by atoms with Gasteiger partial charge >= 0.3 is 17.9 Å². The number of Topliss-reactive ketones (excluding diaryl/α,β-unsaturated/α-hetero) is 8. The number of phenols is 2. The maximum absolute atomic E-state index is 14.9. The predicted octanol–water partition coefficient (Wildman–Crippen LogP) is 2.85.